The molecule has 0 unspecified atom stereocenters. The van der Waals surface area contributed by atoms with E-state index in [-0.39, 0.29) is 18.1 Å². The van der Waals surface area contributed by atoms with E-state index >= 15 is 0 Å². The first-order valence-electron chi connectivity index (χ1n) is 9.97. The Morgan fingerprint density at radius 3 is 2.73 bits per heavy atom. The lowest BCUT2D eigenvalue weighted by Crippen LogP contribution is -2.15. The van der Waals surface area contributed by atoms with Crippen molar-refractivity contribution in [2.75, 3.05) is 13.2 Å². The smallest absolute Gasteiger partial charge is 0.344 e. The van der Waals surface area contributed by atoms with Gasteiger partial charge in [-0.25, -0.2) is 4.79 Å². The summed E-state index contributed by atoms with van der Waals surface area (Å²) in [5.41, 5.74) is 3.20. The van der Waals surface area contributed by atoms with Gasteiger partial charge in [-0.1, -0.05) is 18.2 Å². The Morgan fingerprint density at radius 1 is 1.17 bits per heavy atom. The highest BCUT2D eigenvalue weighted by Crippen LogP contribution is 2.39. The van der Waals surface area contributed by atoms with Crippen molar-refractivity contribution < 1.29 is 23.8 Å². The van der Waals surface area contributed by atoms with Crippen molar-refractivity contribution in [1.29, 1.82) is 0 Å². The number of aromatic nitrogens is 1. The Hall–Kier alpha value is -3.54. The first-order valence-corrected chi connectivity index (χ1v) is 9.97. The normalized spacial score (nSPS) is 14.1. The molecule has 0 saturated heterocycles. The molecule has 0 saturated carbocycles. The number of aryl methyl sites for hydroxylation is 1. The van der Waals surface area contributed by atoms with Gasteiger partial charge in [0.05, 0.1) is 12.2 Å². The Bertz CT molecular complexity index is 1170. The minimum absolute atomic E-state index is 0.168. The van der Waals surface area contributed by atoms with E-state index in [9.17, 15) is 9.59 Å². The summed E-state index contributed by atoms with van der Waals surface area (Å²) in [5.74, 6) is 0.612. The number of rotatable bonds is 6. The molecular weight excluding hydrogens is 382 g/mol. The zero-order valence-electron chi connectivity index (χ0n) is 17.2. The number of carbonyl (C=O) groups is 2. The molecule has 0 spiro atoms. The molecule has 0 N–H and O–H groups in total. The van der Waals surface area contributed by atoms with Crippen LogP contribution in [0.4, 0.5) is 0 Å². The molecule has 4 rings (SSSR count). The summed E-state index contributed by atoms with van der Waals surface area (Å²) in [4.78, 5) is 24.5. The van der Waals surface area contributed by atoms with Gasteiger partial charge in [-0.2, -0.15) is 0 Å². The van der Waals surface area contributed by atoms with Crippen LogP contribution >= 0.6 is 0 Å². The van der Waals surface area contributed by atoms with E-state index in [1.807, 2.05) is 24.4 Å². The Labute approximate surface area is 174 Å². The number of para-hydroxylation sites is 1. The summed E-state index contributed by atoms with van der Waals surface area (Å²) >= 11 is 0. The van der Waals surface area contributed by atoms with E-state index in [2.05, 4.69) is 17.6 Å². The molecule has 30 heavy (non-hydrogen) atoms. The van der Waals surface area contributed by atoms with Gasteiger partial charge >= 0.3 is 5.97 Å². The molecule has 1 aliphatic rings. The van der Waals surface area contributed by atoms with Gasteiger partial charge in [0.15, 0.2) is 12.4 Å². The summed E-state index contributed by atoms with van der Waals surface area (Å²) < 4.78 is 18.5. The molecule has 0 fully saturated rings. The molecule has 0 atom stereocenters. The number of hydrogen-bond acceptors (Lipinski definition) is 5. The zero-order valence-corrected chi connectivity index (χ0v) is 17.2. The number of carbonyl (C=O) groups excluding carboxylic acids is 2. The average Bonchev–Trinajstić information content (AvgIpc) is 3.26. The molecule has 2 aromatic carbocycles. The first kappa shape index (κ1) is 19.8. The van der Waals surface area contributed by atoms with Gasteiger partial charge in [-0.3, -0.25) is 4.79 Å². The van der Waals surface area contributed by atoms with E-state index < -0.39 is 5.97 Å². The monoisotopic (exact) mass is 405 g/mol. The maximum atomic E-state index is 12.9. The maximum absolute atomic E-state index is 12.9. The third-order valence-electron chi connectivity index (χ3n) is 5.13. The average molecular weight is 405 g/mol. The third kappa shape index (κ3) is 3.45. The van der Waals surface area contributed by atoms with E-state index in [4.69, 9.17) is 14.2 Å². The number of nitrogens with zero attached hydrogens (tertiary/aromatic N) is 1. The van der Waals surface area contributed by atoms with Crippen LogP contribution in [-0.2, 0) is 16.1 Å². The van der Waals surface area contributed by atoms with E-state index in [1.165, 1.54) is 0 Å². The van der Waals surface area contributed by atoms with E-state index in [0.29, 0.717) is 29.2 Å². The van der Waals surface area contributed by atoms with Gasteiger partial charge in [0.1, 0.15) is 11.5 Å². The van der Waals surface area contributed by atoms with Crippen molar-refractivity contribution in [3.05, 3.63) is 65.0 Å². The topological polar surface area (TPSA) is 66.8 Å². The Kier molecular flexibility index (Phi) is 5.31. The van der Waals surface area contributed by atoms with Crippen LogP contribution < -0.4 is 9.47 Å². The second-order valence-corrected chi connectivity index (χ2v) is 6.99. The van der Waals surface area contributed by atoms with Gasteiger partial charge in [0, 0.05) is 34.8 Å². The largest absolute Gasteiger partial charge is 0.481 e. The third-order valence-corrected chi connectivity index (χ3v) is 5.13. The van der Waals surface area contributed by atoms with Crippen molar-refractivity contribution in [2.45, 2.75) is 27.3 Å². The van der Waals surface area contributed by atoms with Gasteiger partial charge < -0.3 is 18.8 Å². The predicted octanol–water partition coefficient (Wildman–Crippen LogP) is 4.53. The van der Waals surface area contributed by atoms with Crippen molar-refractivity contribution >= 4 is 28.7 Å². The highest BCUT2D eigenvalue weighted by Gasteiger charge is 2.30. The molecule has 2 heterocycles. The molecular formula is C24H23NO5. The number of hydrogen-bond donors (Lipinski definition) is 0. The lowest BCUT2D eigenvalue weighted by atomic mass is 10.1. The second kappa shape index (κ2) is 8.06. The van der Waals surface area contributed by atoms with Gasteiger partial charge in [0.25, 0.3) is 0 Å². The number of ether oxygens (including phenoxy) is 3. The first-order chi connectivity index (χ1) is 14.5. The minimum Gasteiger partial charge on any atom is -0.481 e. The van der Waals surface area contributed by atoms with Crippen LogP contribution in [0.3, 0.4) is 0 Å². The second-order valence-electron chi connectivity index (χ2n) is 6.99. The molecule has 0 aliphatic carbocycles. The fraction of sp³-hybridized carbons (Fsp3) is 0.250. The van der Waals surface area contributed by atoms with E-state index in [0.717, 1.165) is 23.0 Å². The summed E-state index contributed by atoms with van der Waals surface area (Å²) in [7, 11) is 0. The fourth-order valence-electron chi connectivity index (χ4n) is 3.66. The number of benzene rings is 2. The van der Waals surface area contributed by atoms with Crippen molar-refractivity contribution in [1.82, 2.24) is 4.57 Å². The number of fused-ring (bicyclic) bond motifs is 2. The summed E-state index contributed by atoms with van der Waals surface area (Å²) in [6, 6.07) is 11.4. The molecule has 1 aromatic heterocycles. The van der Waals surface area contributed by atoms with Crippen LogP contribution in [0.1, 0.15) is 35.3 Å². The van der Waals surface area contributed by atoms with Crippen LogP contribution in [0.5, 0.6) is 11.5 Å². The molecule has 3 aromatic rings. The number of ketones is 1. The highest BCUT2D eigenvalue weighted by molar-refractivity contribution is 6.15. The van der Waals surface area contributed by atoms with Crippen LogP contribution in [0.15, 0.2) is 48.4 Å². The van der Waals surface area contributed by atoms with Gasteiger partial charge in [0.2, 0.25) is 5.78 Å². The summed E-state index contributed by atoms with van der Waals surface area (Å²) in [6.45, 7) is 6.56. The number of Topliss-reactive ketones (excluding diaryl/α,β-unsaturated/α-hetero) is 1. The lowest BCUT2D eigenvalue weighted by Gasteiger charge is -2.10. The van der Waals surface area contributed by atoms with Crippen molar-refractivity contribution in [3.8, 4) is 11.5 Å². The predicted molar refractivity (Wildman–Crippen MR) is 114 cm³/mol. The zero-order chi connectivity index (χ0) is 21.3. The summed E-state index contributed by atoms with van der Waals surface area (Å²) in [5, 5.41) is 1.06. The lowest BCUT2D eigenvalue weighted by molar-refractivity contribution is -0.145. The highest BCUT2D eigenvalue weighted by atomic mass is 16.6. The molecule has 0 radical (unpaired) electrons. The Balaban J connectivity index is 1.64. The van der Waals surface area contributed by atoms with Gasteiger partial charge in [-0.15, -0.1) is 0 Å². The quantitative estimate of drug-likeness (QED) is 0.445. The minimum atomic E-state index is -0.442. The van der Waals surface area contributed by atoms with E-state index in [1.54, 1.807) is 32.1 Å². The fourth-order valence-corrected chi connectivity index (χ4v) is 3.66. The number of esters is 1. The maximum Gasteiger partial charge on any atom is 0.344 e. The van der Waals surface area contributed by atoms with Crippen LogP contribution in [0, 0.1) is 6.92 Å². The molecule has 0 bridgehead atoms. The van der Waals surface area contributed by atoms with Crippen LogP contribution in [-0.4, -0.2) is 29.5 Å². The molecule has 154 valence electrons. The molecule has 0 amide bonds. The Morgan fingerprint density at radius 2 is 1.97 bits per heavy atom. The van der Waals surface area contributed by atoms with Crippen molar-refractivity contribution in [3.63, 3.8) is 0 Å². The van der Waals surface area contributed by atoms with Crippen LogP contribution in [0.25, 0.3) is 17.0 Å². The summed E-state index contributed by atoms with van der Waals surface area (Å²) in [6.07, 6.45) is 3.81. The van der Waals surface area contributed by atoms with Crippen molar-refractivity contribution in [2.24, 2.45) is 0 Å². The molecule has 6 nitrogen and oxygen atoms in total. The standard InChI is InChI=1S/C24H23NO5/c1-4-25-13-16(17-8-6-7-9-19(17)25)12-21-23(27)18-10-11-20(15(3)24(18)30-21)29-14-22(26)28-5-2/h6-13H,4-5,14H2,1-3H3. The number of allylic oxidation sites excluding steroid dienone is 1. The molecule has 6 heteroatoms. The molecule has 1 aliphatic heterocycles. The van der Waals surface area contributed by atoms with Crippen LogP contribution in [0.2, 0.25) is 0 Å². The van der Waals surface area contributed by atoms with Gasteiger partial charge in [-0.05, 0) is 45.0 Å². The SMILES string of the molecule is CCOC(=O)COc1ccc2c(c1C)OC(=Cc1cn(CC)c3ccccc13)C2=O.